The molecular formula is C20H24N4O3. The van der Waals surface area contributed by atoms with Crippen LogP contribution in [0.4, 0.5) is 5.69 Å². The molecule has 2 rings (SSSR count). The first-order chi connectivity index (χ1) is 13.0. The first kappa shape index (κ1) is 20.2. The van der Waals surface area contributed by atoms with Crippen LogP contribution in [0.5, 0.6) is 0 Å². The molecule has 142 valence electrons. The predicted octanol–water partition coefficient (Wildman–Crippen LogP) is 3.30. The monoisotopic (exact) mass is 368 g/mol. The largest absolute Gasteiger partial charge is 0.480 e. The summed E-state index contributed by atoms with van der Waals surface area (Å²) in [5, 5.41) is 19.3. The number of ketones is 1. The van der Waals surface area contributed by atoms with E-state index in [1.54, 1.807) is 24.5 Å². The fraction of sp³-hybridized carbons (Fsp3) is 0.350. The third-order valence-electron chi connectivity index (χ3n) is 4.21. The fourth-order valence-electron chi connectivity index (χ4n) is 2.73. The van der Waals surface area contributed by atoms with Crippen LogP contribution >= 0.6 is 0 Å². The summed E-state index contributed by atoms with van der Waals surface area (Å²) in [5.41, 5.74) is 2.69. The normalized spacial score (nSPS) is 11.6. The summed E-state index contributed by atoms with van der Waals surface area (Å²) in [5.74, 6) is -1.14. The van der Waals surface area contributed by atoms with E-state index in [1.165, 1.54) is 6.92 Å². The van der Waals surface area contributed by atoms with Crippen molar-refractivity contribution < 1.29 is 14.7 Å². The summed E-state index contributed by atoms with van der Waals surface area (Å²) < 4.78 is 0. The number of rotatable bonds is 10. The number of carbonyl (C=O) groups excluding carboxylic acids is 1. The molecule has 0 spiro atoms. The van der Waals surface area contributed by atoms with Crippen molar-refractivity contribution in [2.45, 2.75) is 39.0 Å². The molecule has 0 amide bonds. The van der Waals surface area contributed by atoms with E-state index in [0.717, 1.165) is 42.4 Å². The number of unbranched alkanes of at least 4 members (excludes halogenated alkanes) is 1. The van der Waals surface area contributed by atoms with E-state index in [0.29, 0.717) is 11.3 Å². The second-order valence-electron chi connectivity index (χ2n) is 6.30. The molecule has 27 heavy (non-hydrogen) atoms. The van der Waals surface area contributed by atoms with Crippen molar-refractivity contribution >= 4 is 23.7 Å². The van der Waals surface area contributed by atoms with Crippen LogP contribution in [0.1, 0.15) is 44.0 Å². The predicted molar refractivity (Wildman–Crippen MR) is 104 cm³/mol. The molecule has 0 saturated heterocycles. The van der Waals surface area contributed by atoms with Crippen molar-refractivity contribution in [3.8, 4) is 11.1 Å². The summed E-state index contributed by atoms with van der Waals surface area (Å²) in [4.78, 5) is 31.6. The van der Waals surface area contributed by atoms with Crippen LogP contribution < -0.4 is 5.32 Å². The van der Waals surface area contributed by atoms with Gasteiger partial charge >= 0.3 is 5.97 Å². The summed E-state index contributed by atoms with van der Waals surface area (Å²) in [6.07, 6.45) is 7.50. The van der Waals surface area contributed by atoms with Gasteiger partial charge in [0.2, 0.25) is 0 Å². The summed E-state index contributed by atoms with van der Waals surface area (Å²) in [6.45, 7) is 3.25. The van der Waals surface area contributed by atoms with Gasteiger partial charge in [0, 0.05) is 36.3 Å². The van der Waals surface area contributed by atoms with Crippen molar-refractivity contribution in [1.29, 1.82) is 5.41 Å². The topological polar surface area (TPSA) is 116 Å². The molecule has 2 aromatic rings. The Balaban J connectivity index is 2.38. The maximum absolute atomic E-state index is 11.9. The van der Waals surface area contributed by atoms with Crippen molar-refractivity contribution in [3.63, 3.8) is 0 Å². The molecule has 1 unspecified atom stereocenters. The second kappa shape index (κ2) is 9.56. The summed E-state index contributed by atoms with van der Waals surface area (Å²) >= 11 is 0. The second-order valence-corrected chi connectivity index (χ2v) is 6.30. The Morgan fingerprint density at radius 1 is 1.26 bits per heavy atom. The zero-order valence-electron chi connectivity index (χ0n) is 15.5. The molecule has 0 aliphatic heterocycles. The molecule has 0 saturated carbocycles. The maximum atomic E-state index is 11.9. The molecule has 1 aromatic heterocycles. The number of hydrogen-bond acceptors (Lipinski definition) is 6. The molecule has 7 nitrogen and oxygen atoms in total. The van der Waals surface area contributed by atoms with Gasteiger partial charge in [0.1, 0.15) is 18.2 Å². The highest BCUT2D eigenvalue weighted by Crippen LogP contribution is 2.30. The lowest BCUT2D eigenvalue weighted by Crippen LogP contribution is -2.17. The molecule has 0 aliphatic rings. The number of benzene rings is 1. The molecule has 7 heteroatoms. The minimum Gasteiger partial charge on any atom is -0.480 e. The van der Waals surface area contributed by atoms with Gasteiger partial charge in [-0.2, -0.15) is 0 Å². The van der Waals surface area contributed by atoms with E-state index >= 15 is 0 Å². The number of aryl methyl sites for hydroxylation is 1. The van der Waals surface area contributed by atoms with Crippen LogP contribution in [-0.4, -0.2) is 39.6 Å². The van der Waals surface area contributed by atoms with Gasteiger partial charge in [-0.3, -0.25) is 9.59 Å². The Kier molecular flexibility index (Phi) is 7.16. The third-order valence-corrected chi connectivity index (χ3v) is 4.21. The van der Waals surface area contributed by atoms with Crippen LogP contribution in [0.25, 0.3) is 11.1 Å². The third kappa shape index (κ3) is 5.44. The molecule has 0 bridgehead atoms. The van der Waals surface area contributed by atoms with E-state index in [1.807, 2.05) is 6.07 Å². The van der Waals surface area contributed by atoms with Gasteiger partial charge in [0.15, 0.2) is 0 Å². The van der Waals surface area contributed by atoms with Crippen LogP contribution in [0.3, 0.4) is 0 Å². The van der Waals surface area contributed by atoms with Gasteiger partial charge in [-0.15, -0.1) is 0 Å². The number of aromatic nitrogens is 2. The van der Waals surface area contributed by atoms with E-state index in [2.05, 4.69) is 22.2 Å². The van der Waals surface area contributed by atoms with Crippen molar-refractivity contribution in [2.24, 2.45) is 0 Å². The average molecular weight is 368 g/mol. The number of carboxylic acids is 1. The fourth-order valence-corrected chi connectivity index (χ4v) is 2.73. The molecular weight excluding hydrogens is 344 g/mol. The van der Waals surface area contributed by atoms with Gasteiger partial charge in [-0.05, 0) is 36.6 Å². The van der Waals surface area contributed by atoms with Crippen molar-refractivity contribution in [1.82, 2.24) is 9.97 Å². The maximum Gasteiger partial charge on any atom is 0.322 e. The highest BCUT2D eigenvalue weighted by Gasteiger charge is 2.19. The first-order valence-corrected chi connectivity index (χ1v) is 8.88. The van der Waals surface area contributed by atoms with Crippen LogP contribution in [0, 0.1) is 5.41 Å². The number of hydrogen-bond donors (Lipinski definition) is 3. The van der Waals surface area contributed by atoms with Gasteiger partial charge in [0.25, 0.3) is 0 Å². The van der Waals surface area contributed by atoms with Gasteiger partial charge in [-0.25, -0.2) is 9.97 Å². The lowest BCUT2D eigenvalue weighted by atomic mass is 9.92. The van der Waals surface area contributed by atoms with E-state index in [-0.39, 0.29) is 12.3 Å². The van der Waals surface area contributed by atoms with E-state index < -0.39 is 11.9 Å². The zero-order chi connectivity index (χ0) is 19.8. The number of anilines is 1. The van der Waals surface area contributed by atoms with Crippen LogP contribution in [-0.2, 0) is 16.0 Å². The Bertz CT molecular complexity index is 818. The molecule has 0 fully saturated rings. The Labute approximate surface area is 158 Å². The number of aliphatic carboxylic acids is 1. The van der Waals surface area contributed by atoms with Crippen molar-refractivity contribution in [2.75, 3.05) is 11.9 Å². The Hall–Kier alpha value is -3.09. The SMILES string of the molecule is CCCCc1ncc(-c2ccc(NCC(=O)O)c(C(C=N)C(C)=O)c2)cn1. The molecule has 1 heterocycles. The summed E-state index contributed by atoms with van der Waals surface area (Å²) in [7, 11) is 0. The lowest BCUT2D eigenvalue weighted by Gasteiger charge is -2.17. The highest BCUT2D eigenvalue weighted by molar-refractivity contribution is 6.00. The lowest BCUT2D eigenvalue weighted by molar-refractivity contribution is -0.134. The molecule has 3 N–H and O–H groups in total. The average Bonchev–Trinajstić information content (AvgIpc) is 2.66. The van der Waals surface area contributed by atoms with Crippen LogP contribution in [0.2, 0.25) is 0 Å². The van der Waals surface area contributed by atoms with E-state index in [9.17, 15) is 9.59 Å². The van der Waals surface area contributed by atoms with Gasteiger partial charge in [0.05, 0.1) is 5.92 Å². The molecule has 1 aromatic carbocycles. The quantitative estimate of drug-likeness (QED) is 0.554. The highest BCUT2D eigenvalue weighted by atomic mass is 16.4. The van der Waals surface area contributed by atoms with Gasteiger partial charge < -0.3 is 15.8 Å². The van der Waals surface area contributed by atoms with Gasteiger partial charge in [-0.1, -0.05) is 19.4 Å². The number of carboxylic acid groups (broad SMARTS) is 1. The number of Topliss-reactive ketones (excluding diaryl/α,β-unsaturated/α-hetero) is 1. The van der Waals surface area contributed by atoms with Crippen LogP contribution in [0.15, 0.2) is 30.6 Å². The molecule has 1 atom stereocenters. The minimum atomic E-state index is -1.00. The standard InChI is InChI=1S/C20H24N4O3/c1-3-4-5-19-23-10-15(11-24-19)14-6-7-18(22-12-20(26)27)16(8-14)17(9-21)13(2)25/h6-11,17,21-22H,3-5,12H2,1-2H3,(H,26,27). The number of nitrogens with one attached hydrogen (secondary N) is 2. The minimum absolute atomic E-state index is 0.188. The zero-order valence-corrected chi connectivity index (χ0v) is 15.5. The Morgan fingerprint density at radius 2 is 1.96 bits per heavy atom. The Morgan fingerprint density at radius 3 is 2.52 bits per heavy atom. The number of carbonyl (C=O) groups is 2. The first-order valence-electron chi connectivity index (χ1n) is 8.88. The molecule has 0 radical (unpaired) electrons. The van der Waals surface area contributed by atoms with Crippen molar-refractivity contribution in [3.05, 3.63) is 42.0 Å². The smallest absolute Gasteiger partial charge is 0.322 e. The van der Waals surface area contributed by atoms with E-state index in [4.69, 9.17) is 10.5 Å². The summed E-state index contributed by atoms with van der Waals surface area (Å²) in [6, 6.07) is 5.32. The number of nitrogens with zero attached hydrogens (tertiary/aromatic N) is 2. The molecule has 0 aliphatic carbocycles.